The smallest absolute Gasteiger partial charge is 0.252 e. The number of carbonyl (C=O) groups is 1. The van der Waals surface area contributed by atoms with E-state index in [1.165, 1.54) is 16.7 Å². The summed E-state index contributed by atoms with van der Waals surface area (Å²) in [6, 6.07) is 22.3. The molecular formula is C26H24ClNO. The second-order valence-electron chi connectivity index (χ2n) is 7.55. The fourth-order valence-electron chi connectivity index (χ4n) is 4.19. The van der Waals surface area contributed by atoms with Gasteiger partial charge in [-0.2, -0.15) is 0 Å². The van der Waals surface area contributed by atoms with Gasteiger partial charge < -0.3 is 5.32 Å². The van der Waals surface area contributed by atoms with Crippen LogP contribution in [-0.4, -0.2) is 11.9 Å². The lowest BCUT2D eigenvalue weighted by molar-refractivity contribution is 0.0938. The van der Waals surface area contributed by atoms with Crippen LogP contribution in [0.4, 0.5) is 0 Å². The number of halogens is 1. The number of hydrogen-bond donors (Lipinski definition) is 1. The van der Waals surface area contributed by atoms with Crippen LogP contribution >= 0.6 is 11.6 Å². The van der Waals surface area contributed by atoms with E-state index in [1.54, 1.807) is 6.07 Å². The van der Waals surface area contributed by atoms with E-state index in [1.807, 2.05) is 31.2 Å². The van der Waals surface area contributed by atoms with E-state index in [4.69, 9.17) is 11.6 Å². The van der Waals surface area contributed by atoms with Crippen LogP contribution in [0.25, 0.3) is 5.57 Å². The van der Waals surface area contributed by atoms with E-state index in [9.17, 15) is 4.79 Å². The third kappa shape index (κ3) is 3.99. The molecule has 0 fully saturated rings. The van der Waals surface area contributed by atoms with Gasteiger partial charge in [-0.25, -0.2) is 0 Å². The zero-order valence-electron chi connectivity index (χ0n) is 16.7. The van der Waals surface area contributed by atoms with Crippen molar-refractivity contribution in [2.75, 3.05) is 0 Å². The molecule has 0 aromatic heterocycles. The highest BCUT2D eigenvalue weighted by Crippen LogP contribution is 2.31. The minimum absolute atomic E-state index is 0.0757. The largest absolute Gasteiger partial charge is 0.349 e. The number of hydrogen-bond acceptors (Lipinski definition) is 1. The van der Waals surface area contributed by atoms with Crippen molar-refractivity contribution in [1.82, 2.24) is 5.32 Å². The van der Waals surface area contributed by atoms with Gasteiger partial charge in [0.05, 0.1) is 0 Å². The van der Waals surface area contributed by atoms with E-state index in [0.29, 0.717) is 10.6 Å². The molecule has 0 aliphatic heterocycles. The number of aryl methyl sites for hydroxylation is 1. The van der Waals surface area contributed by atoms with Gasteiger partial charge in [0.1, 0.15) is 0 Å². The van der Waals surface area contributed by atoms with Crippen LogP contribution in [0.1, 0.15) is 45.1 Å². The van der Waals surface area contributed by atoms with Crippen LogP contribution in [0, 0.1) is 6.92 Å². The Kier molecular flexibility index (Phi) is 5.55. The Bertz CT molecular complexity index is 1070. The average molecular weight is 402 g/mol. The molecule has 29 heavy (non-hydrogen) atoms. The molecule has 3 aromatic rings. The van der Waals surface area contributed by atoms with Gasteiger partial charge in [0.15, 0.2) is 0 Å². The van der Waals surface area contributed by atoms with Crippen molar-refractivity contribution in [3.8, 4) is 0 Å². The molecule has 0 unspecified atom stereocenters. The van der Waals surface area contributed by atoms with Crippen LogP contribution in [0.5, 0.6) is 0 Å². The minimum Gasteiger partial charge on any atom is -0.349 e. The van der Waals surface area contributed by atoms with Gasteiger partial charge in [0.25, 0.3) is 5.91 Å². The summed E-state index contributed by atoms with van der Waals surface area (Å²) in [6.45, 7) is 4.09. The average Bonchev–Trinajstić information content (AvgIpc) is 3.13. The Morgan fingerprint density at radius 1 is 0.931 bits per heavy atom. The Labute approximate surface area is 177 Å². The van der Waals surface area contributed by atoms with Gasteiger partial charge in [0, 0.05) is 16.6 Å². The van der Waals surface area contributed by atoms with E-state index in [-0.39, 0.29) is 11.9 Å². The normalized spacial score (nSPS) is 14.0. The van der Waals surface area contributed by atoms with Crippen LogP contribution < -0.4 is 5.32 Å². The molecule has 1 aliphatic carbocycles. The fourth-order valence-corrected chi connectivity index (χ4v) is 4.37. The molecule has 0 bridgehead atoms. The molecule has 1 N–H and O–H groups in total. The standard InChI is InChI=1S/C26H24ClNO/c1-3-22(23-11-7-4-8-17(23)2)24-13-12-20(27)16-25(24)26(29)28-21-14-18-9-5-6-10-19(18)15-21/h3-13,16,21H,14-15H2,1-2H3,(H,28,29)/b22-3+. The molecule has 0 radical (unpaired) electrons. The maximum atomic E-state index is 13.3. The summed E-state index contributed by atoms with van der Waals surface area (Å²) in [7, 11) is 0. The van der Waals surface area contributed by atoms with Gasteiger partial charge in [-0.3, -0.25) is 4.79 Å². The molecule has 0 heterocycles. The predicted molar refractivity (Wildman–Crippen MR) is 120 cm³/mol. The van der Waals surface area contributed by atoms with Crippen molar-refractivity contribution >= 4 is 23.1 Å². The second-order valence-corrected chi connectivity index (χ2v) is 7.99. The highest BCUT2D eigenvalue weighted by molar-refractivity contribution is 6.31. The summed E-state index contributed by atoms with van der Waals surface area (Å²) in [5.41, 5.74) is 7.49. The van der Waals surface area contributed by atoms with Gasteiger partial charge in [-0.05, 0) is 72.2 Å². The maximum absolute atomic E-state index is 13.3. The molecule has 1 aliphatic rings. The van der Waals surface area contributed by atoms with Crippen molar-refractivity contribution in [3.63, 3.8) is 0 Å². The molecule has 0 spiro atoms. The monoisotopic (exact) mass is 401 g/mol. The summed E-state index contributed by atoms with van der Waals surface area (Å²) in [4.78, 5) is 13.3. The van der Waals surface area contributed by atoms with Crippen LogP contribution in [0.2, 0.25) is 5.02 Å². The van der Waals surface area contributed by atoms with E-state index >= 15 is 0 Å². The molecule has 2 nitrogen and oxygen atoms in total. The van der Waals surface area contributed by atoms with Gasteiger partial charge in [-0.15, -0.1) is 0 Å². The SMILES string of the molecule is C/C=C(\c1ccccc1C)c1ccc(Cl)cc1C(=O)NC1Cc2ccccc2C1. The van der Waals surface area contributed by atoms with Crippen molar-refractivity contribution < 1.29 is 4.79 Å². The second kappa shape index (κ2) is 8.26. The first-order chi connectivity index (χ1) is 14.1. The van der Waals surface area contributed by atoms with E-state index in [0.717, 1.165) is 29.5 Å². The molecule has 0 saturated carbocycles. The highest BCUT2D eigenvalue weighted by atomic mass is 35.5. The third-order valence-electron chi connectivity index (χ3n) is 5.63. The number of allylic oxidation sites excluding steroid dienone is 1. The summed E-state index contributed by atoms with van der Waals surface area (Å²) >= 11 is 6.28. The van der Waals surface area contributed by atoms with Crippen LogP contribution in [0.3, 0.4) is 0 Å². The number of fused-ring (bicyclic) bond motifs is 1. The molecular weight excluding hydrogens is 378 g/mol. The molecule has 0 atom stereocenters. The lowest BCUT2D eigenvalue weighted by Crippen LogP contribution is -2.35. The van der Waals surface area contributed by atoms with Gasteiger partial charge in [-0.1, -0.05) is 72.3 Å². The van der Waals surface area contributed by atoms with E-state index < -0.39 is 0 Å². The van der Waals surface area contributed by atoms with Crippen molar-refractivity contribution in [2.24, 2.45) is 0 Å². The zero-order valence-corrected chi connectivity index (χ0v) is 17.5. The lowest BCUT2D eigenvalue weighted by atomic mass is 9.91. The predicted octanol–water partition coefficient (Wildman–Crippen LogP) is 6.00. The van der Waals surface area contributed by atoms with Crippen molar-refractivity contribution in [3.05, 3.63) is 111 Å². The number of carbonyl (C=O) groups excluding carboxylic acids is 1. The van der Waals surface area contributed by atoms with Crippen molar-refractivity contribution in [1.29, 1.82) is 0 Å². The number of benzene rings is 3. The Morgan fingerprint density at radius 2 is 1.59 bits per heavy atom. The topological polar surface area (TPSA) is 29.1 Å². The molecule has 1 amide bonds. The number of nitrogens with one attached hydrogen (secondary N) is 1. The quantitative estimate of drug-likeness (QED) is 0.571. The van der Waals surface area contributed by atoms with Crippen LogP contribution in [0.15, 0.2) is 72.8 Å². The first-order valence-electron chi connectivity index (χ1n) is 9.96. The molecule has 4 rings (SSSR count). The molecule has 3 aromatic carbocycles. The first-order valence-corrected chi connectivity index (χ1v) is 10.3. The summed E-state index contributed by atoms with van der Waals surface area (Å²) < 4.78 is 0. The molecule has 3 heteroatoms. The maximum Gasteiger partial charge on any atom is 0.252 e. The van der Waals surface area contributed by atoms with E-state index in [2.05, 4.69) is 54.7 Å². The molecule has 0 saturated heterocycles. The highest BCUT2D eigenvalue weighted by Gasteiger charge is 2.24. The fraction of sp³-hybridized carbons (Fsp3) is 0.192. The molecule has 146 valence electrons. The summed E-state index contributed by atoms with van der Waals surface area (Å²) in [5.74, 6) is -0.0757. The summed E-state index contributed by atoms with van der Waals surface area (Å²) in [6.07, 6.45) is 3.80. The zero-order chi connectivity index (χ0) is 20.4. The third-order valence-corrected chi connectivity index (χ3v) is 5.86. The Balaban J connectivity index is 1.65. The lowest BCUT2D eigenvalue weighted by Gasteiger charge is -2.18. The van der Waals surface area contributed by atoms with Gasteiger partial charge >= 0.3 is 0 Å². The Morgan fingerprint density at radius 3 is 2.24 bits per heavy atom. The number of rotatable bonds is 4. The number of amides is 1. The first kappa shape index (κ1) is 19.5. The minimum atomic E-state index is -0.0757. The van der Waals surface area contributed by atoms with Crippen LogP contribution in [-0.2, 0) is 12.8 Å². The van der Waals surface area contributed by atoms with Crippen molar-refractivity contribution in [2.45, 2.75) is 32.7 Å². The Hall–Kier alpha value is -2.84. The summed E-state index contributed by atoms with van der Waals surface area (Å²) in [5, 5.41) is 3.79. The van der Waals surface area contributed by atoms with Gasteiger partial charge in [0.2, 0.25) is 0 Å².